The van der Waals surface area contributed by atoms with Gasteiger partial charge in [0.1, 0.15) is 5.69 Å². The Morgan fingerprint density at radius 1 is 1.07 bits per heavy atom. The third-order valence-corrected chi connectivity index (χ3v) is 5.34. The van der Waals surface area contributed by atoms with Crippen LogP contribution in [-0.4, -0.2) is 36.2 Å². The summed E-state index contributed by atoms with van der Waals surface area (Å²) in [5.74, 6) is 0.452. The van der Waals surface area contributed by atoms with E-state index in [2.05, 4.69) is 20.5 Å². The van der Waals surface area contributed by atoms with Crippen LogP contribution in [-0.2, 0) is 4.79 Å². The maximum Gasteiger partial charge on any atom is 0.234 e. The number of hydrogen-bond acceptors (Lipinski definition) is 5. The van der Waals surface area contributed by atoms with Crippen molar-refractivity contribution in [2.45, 2.75) is 5.16 Å². The molecule has 4 rings (SSSR count). The highest BCUT2D eigenvalue weighted by molar-refractivity contribution is 7.99. The van der Waals surface area contributed by atoms with E-state index < -0.39 is 0 Å². The number of nitrogens with one attached hydrogen (secondary N) is 1. The minimum Gasteiger partial charge on any atom is -0.324 e. The second-order valence-electron chi connectivity index (χ2n) is 5.86. The number of nitrogens with zero attached hydrogens (tertiary/aromatic N) is 5. The smallest absolute Gasteiger partial charge is 0.234 e. The van der Waals surface area contributed by atoms with E-state index in [1.54, 1.807) is 29.1 Å². The first-order chi connectivity index (χ1) is 14.1. The minimum absolute atomic E-state index is 0.116. The van der Waals surface area contributed by atoms with E-state index >= 15 is 0 Å². The quantitative estimate of drug-likeness (QED) is 0.443. The Hall–Kier alpha value is -2.81. The molecule has 3 heterocycles. The van der Waals surface area contributed by atoms with Gasteiger partial charge in [-0.15, -0.1) is 10.2 Å². The van der Waals surface area contributed by atoms with Gasteiger partial charge in [-0.2, -0.15) is 0 Å². The van der Waals surface area contributed by atoms with Crippen LogP contribution in [0.2, 0.25) is 10.0 Å². The van der Waals surface area contributed by atoms with Gasteiger partial charge in [-0.25, -0.2) is 4.68 Å². The highest BCUT2D eigenvalue weighted by atomic mass is 35.5. The lowest BCUT2D eigenvalue weighted by molar-refractivity contribution is -0.113. The number of halogens is 2. The summed E-state index contributed by atoms with van der Waals surface area (Å²) in [6, 6.07) is 14.3. The molecule has 1 amide bonds. The van der Waals surface area contributed by atoms with Gasteiger partial charge in [-0.05, 0) is 42.5 Å². The summed E-state index contributed by atoms with van der Waals surface area (Å²) < 4.78 is 3.63. The lowest BCUT2D eigenvalue weighted by Crippen LogP contribution is -2.16. The molecule has 4 aromatic rings. The molecule has 0 aliphatic carbocycles. The predicted molar refractivity (Wildman–Crippen MR) is 114 cm³/mol. The fourth-order valence-corrected chi connectivity index (χ4v) is 3.66. The molecule has 0 bridgehead atoms. The molecule has 0 radical (unpaired) electrons. The molecule has 0 aliphatic heterocycles. The average Bonchev–Trinajstić information content (AvgIpc) is 3.39. The number of pyridine rings is 1. The zero-order chi connectivity index (χ0) is 20.2. The monoisotopic (exact) mass is 444 g/mol. The van der Waals surface area contributed by atoms with Crippen LogP contribution in [0.1, 0.15) is 0 Å². The zero-order valence-corrected chi connectivity index (χ0v) is 17.2. The Labute approximate surface area is 180 Å². The van der Waals surface area contributed by atoms with Crippen molar-refractivity contribution >= 4 is 46.6 Å². The molecular weight excluding hydrogens is 431 g/mol. The van der Waals surface area contributed by atoms with E-state index in [9.17, 15) is 4.79 Å². The average molecular weight is 445 g/mol. The molecule has 0 saturated carbocycles. The first-order valence-corrected chi connectivity index (χ1v) is 10.2. The topological polar surface area (TPSA) is 77.6 Å². The van der Waals surface area contributed by atoms with Gasteiger partial charge in [-0.1, -0.05) is 41.0 Å². The molecule has 0 atom stereocenters. The molecule has 0 saturated heterocycles. The molecule has 3 aromatic heterocycles. The van der Waals surface area contributed by atoms with Crippen LogP contribution in [0.3, 0.4) is 0 Å². The van der Waals surface area contributed by atoms with Crippen molar-refractivity contribution in [2.75, 3.05) is 11.1 Å². The largest absolute Gasteiger partial charge is 0.324 e. The summed E-state index contributed by atoms with van der Waals surface area (Å²) >= 11 is 13.3. The molecule has 0 spiro atoms. The van der Waals surface area contributed by atoms with Crippen molar-refractivity contribution in [1.82, 2.24) is 24.5 Å². The van der Waals surface area contributed by atoms with Crippen molar-refractivity contribution in [2.24, 2.45) is 0 Å². The second kappa shape index (κ2) is 8.69. The number of thioether (sulfide) groups is 1. The minimum atomic E-state index is -0.236. The number of anilines is 1. The fraction of sp³-hybridized carbons (Fsp3) is 0.0526. The molecule has 10 heteroatoms. The SMILES string of the molecule is O=C(CSc1nnc(-c2ccccn2)n1-n1cccc1)Nc1cc(Cl)ccc1Cl. The zero-order valence-electron chi connectivity index (χ0n) is 14.9. The summed E-state index contributed by atoms with van der Waals surface area (Å²) in [5.41, 5.74) is 1.14. The van der Waals surface area contributed by atoms with Crippen LogP contribution >= 0.6 is 35.0 Å². The lowest BCUT2D eigenvalue weighted by atomic mass is 10.3. The number of benzene rings is 1. The number of carbonyl (C=O) groups excluding carboxylic acids is 1. The fourth-order valence-electron chi connectivity index (χ4n) is 2.59. The van der Waals surface area contributed by atoms with E-state index in [0.717, 1.165) is 0 Å². The van der Waals surface area contributed by atoms with Crippen LogP contribution in [0.25, 0.3) is 11.5 Å². The van der Waals surface area contributed by atoms with Crippen LogP contribution in [0.15, 0.2) is 72.3 Å². The Morgan fingerprint density at radius 3 is 2.66 bits per heavy atom. The van der Waals surface area contributed by atoms with Crippen molar-refractivity contribution in [3.05, 3.63) is 77.2 Å². The summed E-state index contributed by atoms with van der Waals surface area (Å²) in [4.78, 5) is 16.8. The maximum absolute atomic E-state index is 12.4. The van der Waals surface area contributed by atoms with Gasteiger partial charge in [0.2, 0.25) is 16.9 Å². The lowest BCUT2D eigenvalue weighted by Gasteiger charge is -2.11. The highest BCUT2D eigenvalue weighted by Gasteiger charge is 2.18. The van der Waals surface area contributed by atoms with Crippen LogP contribution in [0, 0.1) is 0 Å². The van der Waals surface area contributed by atoms with E-state index in [4.69, 9.17) is 23.2 Å². The van der Waals surface area contributed by atoms with Gasteiger partial charge in [0, 0.05) is 23.6 Å². The first-order valence-electron chi connectivity index (χ1n) is 8.50. The summed E-state index contributed by atoms with van der Waals surface area (Å²) in [6.07, 6.45) is 5.43. The van der Waals surface area contributed by atoms with Gasteiger partial charge >= 0.3 is 0 Å². The van der Waals surface area contributed by atoms with Crippen LogP contribution in [0.5, 0.6) is 0 Å². The number of hydrogen-bond donors (Lipinski definition) is 1. The normalized spacial score (nSPS) is 10.8. The number of aromatic nitrogens is 5. The molecule has 0 aliphatic rings. The summed E-state index contributed by atoms with van der Waals surface area (Å²) in [7, 11) is 0. The highest BCUT2D eigenvalue weighted by Crippen LogP contribution is 2.27. The first kappa shape index (κ1) is 19.5. The molecule has 0 unspecified atom stereocenters. The van der Waals surface area contributed by atoms with Crippen LogP contribution in [0.4, 0.5) is 5.69 Å². The third kappa shape index (κ3) is 4.45. The molecular formula is C19H14Cl2N6OS. The molecule has 7 nitrogen and oxygen atoms in total. The van der Waals surface area contributed by atoms with Crippen molar-refractivity contribution < 1.29 is 4.79 Å². The number of rotatable bonds is 6. The molecule has 146 valence electrons. The van der Waals surface area contributed by atoms with Gasteiger partial charge in [0.15, 0.2) is 0 Å². The summed E-state index contributed by atoms with van der Waals surface area (Å²) in [5, 5.41) is 12.7. The standard InChI is InChI=1S/C19H14Cl2N6OS/c20-13-6-7-14(21)16(11-13)23-17(28)12-29-19-25-24-18(15-5-1-2-8-22-15)27(19)26-9-3-4-10-26/h1-11H,12H2,(H,23,28). The Morgan fingerprint density at radius 2 is 1.90 bits per heavy atom. The molecule has 1 aromatic carbocycles. The van der Waals surface area contributed by atoms with E-state index in [1.165, 1.54) is 11.8 Å². The summed E-state index contributed by atoms with van der Waals surface area (Å²) in [6.45, 7) is 0. The van der Waals surface area contributed by atoms with Crippen LogP contribution < -0.4 is 5.32 Å². The van der Waals surface area contributed by atoms with Gasteiger partial charge < -0.3 is 5.32 Å². The maximum atomic E-state index is 12.4. The molecule has 1 N–H and O–H groups in total. The Bertz CT molecular complexity index is 1130. The second-order valence-corrected chi connectivity index (χ2v) is 7.64. The Kier molecular flexibility index (Phi) is 5.84. The van der Waals surface area contributed by atoms with E-state index in [0.29, 0.717) is 32.4 Å². The van der Waals surface area contributed by atoms with Gasteiger partial charge in [0.25, 0.3) is 0 Å². The third-order valence-electron chi connectivity index (χ3n) is 3.86. The van der Waals surface area contributed by atoms with Crippen molar-refractivity contribution in [3.8, 4) is 11.5 Å². The number of carbonyl (C=O) groups is 1. The van der Waals surface area contributed by atoms with Gasteiger partial charge in [0.05, 0.1) is 16.5 Å². The van der Waals surface area contributed by atoms with Crippen molar-refractivity contribution in [1.29, 1.82) is 0 Å². The molecule has 0 fully saturated rings. The van der Waals surface area contributed by atoms with Crippen molar-refractivity contribution in [3.63, 3.8) is 0 Å². The van der Waals surface area contributed by atoms with Gasteiger partial charge in [-0.3, -0.25) is 14.5 Å². The molecule has 29 heavy (non-hydrogen) atoms. The number of amides is 1. The predicted octanol–water partition coefficient (Wildman–Crippen LogP) is 4.49. The Balaban J connectivity index is 1.55. The van der Waals surface area contributed by atoms with E-state index in [1.807, 2.05) is 47.4 Å². The van der Waals surface area contributed by atoms with E-state index in [-0.39, 0.29) is 11.7 Å².